The molecule has 3 heterocycles. The van der Waals surface area contributed by atoms with Gasteiger partial charge in [0.1, 0.15) is 11.2 Å². The van der Waals surface area contributed by atoms with Gasteiger partial charge in [-0.15, -0.1) is 0 Å². The van der Waals surface area contributed by atoms with Crippen molar-refractivity contribution in [2.75, 3.05) is 0 Å². The molecule has 0 saturated carbocycles. The topological polar surface area (TPSA) is 38.9 Å². The Kier molecular flexibility index (Phi) is 6.34. The van der Waals surface area contributed by atoms with Gasteiger partial charge in [-0.1, -0.05) is 152 Å². The van der Waals surface area contributed by atoms with E-state index >= 15 is 0 Å². The minimum atomic E-state index is 0.852. The number of benzene rings is 9. The molecule has 0 spiro atoms. The molecule has 12 aromatic rings. The minimum Gasteiger partial charge on any atom is -0.455 e. The van der Waals surface area contributed by atoms with Crippen molar-refractivity contribution in [1.29, 1.82) is 0 Å². The van der Waals surface area contributed by atoms with Gasteiger partial charge in [-0.2, -0.15) is 0 Å². The number of fused-ring (bicyclic) bond motifs is 14. The summed E-state index contributed by atoms with van der Waals surface area (Å²) in [5.41, 5.74) is 9.72. The second-order valence-corrected chi connectivity index (χ2v) is 14.4. The van der Waals surface area contributed by atoms with Crippen molar-refractivity contribution in [1.82, 2.24) is 9.97 Å². The summed E-state index contributed by atoms with van der Waals surface area (Å²) in [6.07, 6.45) is 0. The summed E-state index contributed by atoms with van der Waals surface area (Å²) < 4.78 is 6.38. The zero-order valence-electron chi connectivity index (χ0n) is 29.6. The van der Waals surface area contributed by atoms with E-state index in [2.05, 4.69) is 170 Å². The number of para-hydroxylation sites is 2. The van der Waals surface area contributed by atoms with E-state index in [1.54, 1.807) is 0 Å². The molecule has 0 saturated heterocycles. The van der Waals surface area contributed by atoms with Crippen molar-refractivity contribution in [2.45, 2.75) is 0 Å². The molecule has 0 aliphatic heterocycles. The van der Waals surface area contributed by atoms with Crippen LogP contribution in [0.3, 0.4) is 0 Å². The van der Waals surface area contributed by atoms with Crippen LogP contribution in [0.2, 0.25) is 0 Å². The molecule has 3 heteroatoms. The normalized spacial score (nSPS) is 12.0. The van der Waals surface area contributed by atoms with Crippen LogP contribution in [0, 0.1) is 0 Å². The first kappa shape index (κ1) is 30.1. The number of rotatable bonds is 3. The molecule has 3 aromatic heterocycles. The molecule has 0 radical (unpaired) electrons. The van der Waals surface area contributed by atoms with Crippen LogP contribution in [0.25, 0.3) is 120 Å². The highest BCUT2D eigenvalue weighted by atomic mass is 16.3. The first-order chi connectivity index (χ1) is 27.3. The molecule has 0 amide bonds. The van der Waals surface area contributed by atoms with Gasteiger partial charge in [0, 0.05) is 32.7 Å². The molecule has 254 valence electrons. The average molecular weight is 699 g/mol. The monoisotopic (exact) mass is 698 g/mol. The lowest BCUT2D eigenvalue weighted by Gasteiger charge is -2.16. The van der Waals surface area contributed by atoms with Gasteiger partial charge in [0.15, 0.2) is 0 Å². The Morgan fingerprint density at radius 2 is 0.836 bits per heavy atom. The van der Waals surface area contributed by atoms with Crippen LogP contribution in [-0.2, 0) is 0 Å². The van der Waals surface area contributed by atoms with Crippen molar-refractivity contribution < 1.29 is 4.42 Å². The van der Waals surface area contributed by atoms with E-state index in [0.717, 1.165) is 66.3 Å². The Balaban J connectivity index is 0.994. The maximum Gasteiger partial charge on any atom is 0.144 e. The first-order valence-electron chi connectivity index (χ1n) is 18.7. The van der Waals surface area contributed by atoms with Crippen LogP contribution in [0.1, 0.15) is 0 Å². The second-order valence-electron chi connectivity index (χ2n) is 14.4. The van der Waals surface area contributed by atoms with Gasteiger partial charge in [-0.3, -0.25) is 0 Å². The zero-order valence-corrected chi connectivity index (χ0v) is 29.6. The number of furan rings is 1. The van der Waals surface area contributed by atoms with E-state index in [-0.39, 0.29) is 0 Å². The molecular formula is C52H30N2O. The quantitative estimate of drug-likeness (QED) is 0.172. The zero-order chi connectivity index (χ0) is 36.0. The smallest absolute Gasteiger partial charge is 0.144 e. The maximum absolute atomic E-state index is 6.38. The summed E-state index contributed by atoms with van der Waals surface area (Å²) in [6, 6.07) is 65.0. The van der Waals surface area contributed by atoms with Crippen LogP contribution in [-0.4, -0.2) is 9.97 Å². The highest BCUT2D eigenvalue weighted by Crippen LogP contribution is 2.43. The highest BCUT2D eigenvalue weighted by molar-refractivity contribution is 6.33. The van der Waals surface area contributed by atoms with Gasteiger partial charge in [0.2, 0.25) is 0 Å². The third kappa shape index (κ3) is 4.50. The minimum absolute atomic E-state index is 0.852. The third-order valence-electron chi connectivity index (χ3n) is 11.4. The predicted octanol–water partition coefficient (Wildman–Crippen LogP) is 14.3. The van der Waals surface area contributed by atoms with Crippen molar-refractivity contribution in [3.63, 3.8) is 0 Å². The lowest BCUT2D eigenvalue weighted by Crippen LogP contribution is -1.91. The average Bonchev–Trinajstić information content (AvgIpc) is 3.65. The molecule has 0 bridgehead atoms. The van der Waals surface area contributed by atoms with E-state index < -0.39 is 0 Å². The summed E-state index contributed by atoms with van der Waals surface area (Å²) in [5.74, 6) is 0. The lowest BCUT2D eigenvalue weighted by atomic mass is 9.87. The number of pyridine rings is 2. The van der Waals surface area contributed by atoms with E-state index in [4.69, 9.17) is 14.4 Å². The predicted molar refractivity (Wildman–Crippen MR) is 231 cm³/mol. The van der Waals surface area contributed by atoms with Gasteiger partial charge in [-0.05, 0) is 84.5 Å². The van der Waals surface area contributed by atoms with Gasteiger partial charge in [-0.25, -0.2) is 9.97 Å². The third-order valence-corrected chi connectivity index (χ3v) is 11.4. The van der Waals surface area contributed by atoms with E-state index in [1.165, 1.54) is 54.2 Å². The van der Waals surface area contributed by atoms with Crippen molar-refractivity contribution in [2.24, 2.45) is 0 Å². The molecule has 0 atom stereocenters. The number of hydrogen-bond acceptors (Lipinski definition) is 3. The molecule has 0 N–H and O–H groups in total. The molecule has 0 unspecified atom stereocenters. The van der Waals surface area contributed by atoms with Gasteiger partial charge < -0.3 is 4.42 Å². The molecule has 0 fully saturated rings. The van der Waals surface area contributed by atoms with Crippen LogP contribution in [0.15, 0.2) is 186 Å². The van der Waals surface area contributed by atoms with Crippen LogP contribution in [0.5, 0.6) is 0 Å². The Morgan fingerprint density at radius 3 is 1.56 bits per heavy atom. The standard InChI is InChI=1S/C52H30N2O/c1-2-12-37-35(10-1)36-11-3-5-15-40(36)49-41-16-6-4-13-38(41)44(30-45(37)49)31-20-22-32(23-21-31)46-28-26-33-24-25-34-27-29-47(54-51(34)50(33)53-46)43-18-9-17-42-39-14-7-8-19-48(39)55-52(42)43/h1-30H. The Hall–Kier alpha value is -7.36. The fraction of sp³-hybridized carbons (Fsp3) is 0. The summed E-state index contributed by atoms with van der Waals surface area (Å²) in [7, 11) is 0. The highest BCUT2D eigenvalue weighted by Gasteiger charge is 2.17. The lowest BCUT2D eigenvalue weighted by molar-refractivity contribution is 0.670. The Bertz CT molecular complexity index is 3540. The van der Waals surface area contributed by atoms with Crippen molar-refractivity contribution >= 4 is 86.8 Å². The van der Waals surface area contributed by atoms with Gasteiger partial charge >= 0.3 is 0 Å². The maximum atomic E-state index is 6.38. The first-order valence-corrected chi connectivity index (χ1v) is 18.7. The van der Waals surface area contributed by atoms with E-state index in [0.29, 0.717) is 0 Å². The Morgan fingerprint density at radius 1 is 0.327 bits per heavy atom. The van der Waals surface area contributed by atoms with Crippen molar-refractivity contribution in [3.8, 4) is 33.6 Å². The van der Waals surface area contributed by atoms with Crippen molar-refractivity contribution in [3.05, 3.63) is 182 Å². The van der Waals surface area contributed by atoms with Crippen LogP contribution >= 0.6 is 0 Å². The summed E-state index contributed by atoms with van der Waals surface area (Å²) >= 11 is 0. The molecule has 12 rings (SSSR count). The fourth-order valence-electron chi connectivity index (χ4n) is 8.85. The van der Waals surface area contributed by atoms with Gasteiger partial charge in [0.05, 0.1) is 22.4 Å². The second kappa shape index (κ2) is 11.6. The molecule has 55 heavy (non-hydrogen) atoms. The largest absolute Gasteiger partial charge is 0.455 e. The number of hydrogen-bond donors (Lipinski definition) is 0. The fourth-order valence-corrected chi connectivity index (χ4v) is 8.85. The molecule has 0 aliphatic rings. The Labute approximate surface area is 315 Å². The molecule has 0 aliphatic carbocycles. The number of nitrogens with zero attached hydrogens (tertiary/aromatic N) is 2. The molecular weight excluding hydrogens is 669 g/mol. The van der Waals surface area contributed by atoms with E-state index in [1.807, 2.05) is 12.1 Å². The summed E-state index contributed by atoms with van der Waals surface area (Å²) in [4.78, 5) is 10.5. The SMILES string of the molecule is c1ccc2c(c1)oc1c(-c3ccc4ccc5ccc(-c6ccc(-c7cc8c9ccccc9c9ccccc9c8c8ccccc78)cc6)nc5c4n3)cccc12. The summed E-state index contributed by atoms with van der Waals surface area (Å²) in [6.45, 7) is 0. The molecule has 9 aromatic carbocycles. The van der Waals surface area contributed by atoms with Gasteiger partial charge in [0.25, 0.3) is 0 Å². The van der Waals surface area contributed by atoms with Crippen LogP contribution < -0.4 is 0 Å². The number of aromatic nitrogens is 2. The summed E-state index contributed by atoms with van der Waals surface area (Å²) in [5, 5.41) is 14.6. The van der Waals surface area contributed by atoms with Crippen LogP contribution in [0.4, 0.5) is 0 Å². The van der Waals surface area contributed by atoms with E-state index in [9.17, 15) is 0 Å². The molecule has 3 nitrogen and oxygen atoms in total.